The summed E-state index contributed by atoms with van der Waals surface area (Å²) in [6.07, 6.45) is 3.79. The van der Waals surface area contributed by atoms with Crippen LogP contribution in [0.25, 0.3) is 5.76 Å². The SMILES string of the molecule is COc1ccc(C2C(=C(O)c3ccncc3)C(=O)C(=O)N2CCCN2CCOCC2)cc1. The molecule has 1 aromatic carbocycles. The van der Waals surface area contributed by atoms with Crippen LogP contribution in [-0.4, -0.2) is 78.1 Å². The van der Waals surface area contributed by atoms with Gasteiger partial charge in [-0.25, -0.2) is 0 Å². The van der Waals surface area contributed by atoms with E-state index in [1.165, 1.54) is 12.4 Å². The van der Waals surface area contributed by atoms with E-state index in [0.717, 1.165) is 31.6 Å². The molecule has 3 heterocycles. The van der Waals surface area contributed by atoms with Crippen LogP contribution in [0, 0.1) is 0 Å². The average Bonchev–Trinajstić information content (AvgIpc) is 3.10. The zero-order valence-electron chi connectivity index (χ0n) is 18.1. The third-order valence-corrected chi connectivity index (χ3v) is 5.90. The van der Waals surface area contributed by atoms with Crippen LogP contribution < -0.4 is 4.74 Å². The predicted molar refractivity (Wildman–Crippen MR) is 118 cm³/mol. The highest BCUT2D eigenvalue weighted by atomic mass is 16.5. The first-order chi connectivity index (χ1) is 15.6. The Kier molecular flexibility index (Phi) is 6.82. The molecule has 2 saturated heterocycles. The second-order valence-corrected chi connectivity index (χ2v) is 7.81. The molecule has 0 saturated carbocycles. The highest BCUT2D eigenvalue weighted by Crippen LogP contribution is 2.39. The van der Waals surface area contributed by atoms with Crippen molar-refractivity contribution in [3.63, 3.8) is 0 Å². The molecule has 32 heavy (non-hydrogen) atoms. The standard InChI is InChI=1S/C24H27N3O5/c1-31-19-5-3-17(4-6-19)21-20(22(28)18-7-9-25-10-8-18)23(29)24(30)27(21)12-2-11-26-13-15-32-16-14-26/h3-10,21,28H,2,11-16H2,1H3. The molecule has 2 aromatic rings. The van der Waals surface area contributed by atoms with Crippen LogP contribution in [0.4, 0.5) is 0 Å². The Morgan fingerprint density at radius 2 is 1.78 bits per heavy atom. The van der Waals surface area contributed by atoms with Gasteiger partial charge in [0.1, 0.15) is 11.5 Å². The van der Waals surface area contributed by atoms with E-state index in [2.05, 4.69) is 9.88 Å². The normalized spacial score (nSPS) is 21.2. The van der Waals surface area contributed by atoms with Crippen molar-refractivity contribution in [1.82, 2.24) is 14.8 Å². The maximum atomic E-state index is 13.0. The number of carbonyl (C=O) groups is 2. The zero-order chi connectivity index (χ0) is 22.5. The maximum Gasteiger partial charge on any atom is 0.295 e. The van der Waals surface area contributed by atoms with Gasteiger partial charge in [0, 0.05) is 44.1 Å². The minimum Gasteiger partial charge on any atom is -0.507 e. The second kappa shape index (κ2) is 9.93. The fourth-order valence-corrected chi connectivity index (χ4v) is 4.20. The highest BCUT2D eigenvalue weighted by Gasteiger charge is 2.45. The molecule has 1 N–H and O–H groups in total. The summed E-state index contributed by atoms with van der Waals surface area (Å²) in [5.41, 5.74) is 1.29. The van der Waals surface area contributed by atoms with Gasteiger partial charge < -0.3 is 19.5 Å². The number of aromatic nitrogens is 1. The number of hydrogen-bond acceptors (Lipinski definition) is 7. The number of aliphatic hydroxyl groups excluding tert-OH is 1. The van der Waals surface area contributed by atoms with Crippen LogP contribution >= 0.6 is 0 Å². The monoisotopic (exact) mass is 437 g/mol. The number of aliphatic hydroxyl groups is 1. The summed E-state index contributed by atoms with van der Waals surface area (Å²) < 4.78 is 10.6. The third kappa shape index (κ3) is 4.51. The lowest BCUT2D eigenvalue weighted by Gasteiger charge is -2.29. The first-order valence-corrected chi connectivity index (χ1v) is 10.7. The van der Waals surface area contributed by atoms with Crippen LogP contribution in [0.15, 0.2) is 54.4 Å². The number of ether oxygens (including phenoxy) is 2. The number of Topliss-reactive ketones (excluding diaryl/α,β-unsaturated/α-hetero) is 1. The van der Waals surface area contributed by atoms with E-state index in [-0.39, 0.29) is 11.3 Å². The minimum atomic E-state index is -0.675. The van der Waals surface area contributed by atoms with Gasteiger partial charge in [-0.2, -0.15) is 0 Å². The fraction of sp³-hybridized carbons (Fsp3) is 0.375. The molecule has 1 aromatic heterocycles. The summed E-state index contributed by atoms with van der Waals surface area (Å²) >= 11 is 0. The number of likely N-dealkylation sites (tertiary alicyclic amines) is 1. The number of rotatable bonds is 7. The second-order valence-electron chi connectivity index (χ2n) is 7.81. The van der Waals surface area contributed by atoms with Crippen LogP contribution in [-0.2, 0) is 14.3 Å². The summed E-state index contributed by atoms with van der Waals surface area (Å²) in [7, 11) is 1.58. The molecule has 1 unspecified atom stereocenters. The predicted octanol–water partition coefficient (Wildman–Crippen LogP) is 2.23. The van der Waals surface area contributed by atoms with Gasteiger partial charge in [-0.3, -0.25) is 19.5 Å². The minimum absolute atomic E-state index is 0.0951. The van der Waals surface area contributed by atoms with Crippen LogP contribution in [0.1, 0.15) is 23.6 Å². The van der Waals surface area contributed by atoms with Gasteiger partial charge in [0.15, 0.2) is 0 Å². The Morgan fingerprint density at radius 3 is 2.44 bits per heavy atom. The molecule has 2 aliphatic rings. The van der Waals surface area contributed by atoms with E-state index in [9.17, 15) is 14.7 Å². The zero-order valence-corrected chi connectivity index (χ0v) is 18.1. The fourth-order valence-electron chi connectivity index (χ4n) is 4.20. The molecule has 1 atom stereocenters. The average molecular weight is 437 g/mol. The lowest BCUT2D eigenvalue weighted by atomic mass is 9.95. The molecule has 2 fully saturated rings. The van der Waals surface area contributed by atoms with Crippen LogP contribution in [0.2, 0.25) is 0 Å². The van der Waals surface area contributed by atoms with E-state index in [1.54, 1.807) is 36.3 Å². The molecule has 1 amide bonds. The number of benzene rings is 1. The Hall–Kier alpha value is -3.23. The number of nitrogens with zero attached hydrogens (tertiary/aromatic N) is 3. The van der Waals surface area contributed by atoms with Crippen molar-refractivity contribution in [3.05, 3.63) is 65.5 Å². The number of ketones is 1. The lowest BCUT2D eigenvalue weighted by Crippen LogP contribution is -2.38. The van der Waals surface area contributed by atoms with E-state index in [4.69, 9.17) is 9.47 Å². The molecule has 0 bridgehead atoms. The summed E-state index contributed by atoms with van der Waals surface area (Å²) in [6, 6.07) is 9.79. The van der Waals surface area contributed by atoms with E-state index in [0.29, 0.717) is 31.1 Å². The van der Waals surface area contributed by atoms with Gasteiger partial charge in [-0.1, -0.05) is 12.1 Å². The molecule has 0 spiro atoms. The number of pyridine rings is 1. The smallest absolute Gasteiger partial charge is 0.295 e. The van der Waals surface area contributed by atoms with Crippen LogP contribution in [0.3, 0.4) is 0 Å². The van der Waals surface area contributed by atoms with Crippen molar-refractivity contribution in [2.24, 2.45) is 0 Å². The first kappa shape index (κ1) is 22.0. The van der Waals surface area contributed by atoms with Crippen molar-refractivity contribution >= 4 is 17.4 Å². The van der Waals surface area contributed by atoms with Crippen molar-refractivity contribution in [3.8, 4) is 5.75 Å². The van der Waals surface area contributed by atoms with E-state index >= 15 is 0 Å². The number of methoxy groups -OCH3 is 1. The summed E-state index contributed by atoms with van der Waals surface area (Å²) in [4.78, 5) is 33.8. The molecule has 8 nitrogen and oxygen atoms in total. The Balaban J connectivity index is 1.65. The van der Waals surface area contributed by atoms with Crippen molar-refractivity contribution < 1.29 is 24.2 Å². The van der Waals surface area contributed by atoms with E-state index in [1.807, 2.05) is 12.1 Å². The number of amides is 1. The topological polar surface area (TPSA) is 92.2 Å². The molecule has 4 rings (SSSR count). The Morgan fingerprint density at radius 1 is 1.09 bits per heavy atom. The summed E-state index contributed by atoms with van der Waals surface area (Å²) in [5, 5.41) is 11.0. The largest absolute Gasteiger partial charge is 0.507 e. The highest BCUT2D eigenvalue weighted by molar-refractivity contribution is 6.46. The molecular weight excluding hydrogens is 410 g/mol. The molecule has 0 radical (unpaired) electrons. The number of carbonyl (C=O) groups excluding carboxylic acids is 2. The number of morpholine rings is 1. The maximum absolute atomic E-state index is 13.0. The third-order valence-electron chi connectivity index (χ3n) is 5.90. The molecule has 2 aliphatic heterocycles. The molecule has 168 valence electrons. The van der Waals surface area contributed by atoms with Gasteiger partial charge in [0.25, 0.3) is 11.7 Å². The van der Waals surface area contributed by atoms with E-state index < -0.39 is 17.7 Å². The molecule has 0 aliphatic carbocycles. The van der Waals surface area contributed by atoms with Crippen LogP contribution in [0.5, 0.6) is 5.75 Å². The van der Waals surface area contributed by atoms with Gasteiger partial charge in [-0.05, 0) is 36.2 Å². The van der Waals surface area contributed by atoms with Crippen molar-refractivity contribution in [2.75, 3.05) is 46.5 Å². The van der Waals surface area contributed by atoms with Gasteiger partial charge >= 0.3 is 0 Å². The van der Waals surface area contributed by atoms with Crippen molar-refractivity contribution in [1.29, 1.82) is 0 Å². The number of hydrogen-bond donors (Lipinski definition) is 1. The van der Waals surface area contributed by atoms with Gasteiger partial charge in [-0.15, -0.1) is 0 Å². The van der Waals surface area contributed by atoms with Gasteiger partial charge in [0.2, 0.25) is 0 Å². The first-order valence-electron chi connectivity index (χ1n) is 10.7. The lowest BCUT2D eigenvalue weighted by molar-refractivity contribution is -0.140. The summed E-state index contributed by atoms with van der Waals surface area (Å²) in [6.45, 7) is 4.37. The quantitative estimate of drug-likeness (QED) is 0.403. The van der Waals surface area contributed by atoms with Crippen molar-refractivity contribution in [2.45, 2.75) is 12.5 Å². The molecular formula is C24H27N3O5. The Bertz CT molecular complexity index is 984. The molecule has 8 heteroatoms. The summed E-state index contributed by atoms with van der Waals surface area (Å²) in [5.74, 6) is -0.788. The van der Waals surface area contributed by atoms with Gasteiger partial charge in [0.05, 0.1) is 31.9 Å². The Labute approximate surface area is 187 Å².